The third-order valence-electron chi connectivity index (χ3n) is 1.46. The van der Waals surface area contributed by atoms with E-state index in [1.54, 1.807) is 0 Å². The van der Waals surface area contributed by atoms with Gasteiger partial charge >= 0.3 is 0 Å². The molecule has 0 bridgehead atoms. The summed E-state index contributed by atoms with van der Waals surface area (Å²) in [5, 5.41) is 0. The Morgan fingerprint density at radius 2 is 2.00 bits per heavy atom. The first-order chi connectivity index (χ1) is 3.21. The van der Waals surface area contributed by atoms with Crippen LogP contribution in [0.1, 0.15) is 34.0 Å². The predicted octanol–water partition coefficient (Wildman–Crippen LogP) is 2.20. The first-order valence-corrected chi connectivity index (χ1v) is 2.71. The van der Waals surface area contributed by atoms with Gasteiger partial charge in [0.05, 0.1) is 0 Å². The molecule has 0 amide bonds. The zero-order chi connectivity index (χ0) is 5.33. The SMILES string of the molecule is [2H]C1(C)CCCC1. The maximum Gasteiger partial charge on any atom is 0.0300 e. The van der Waals surface area contributed by atoms with E-state index in [1.165, 1.54) is 12.8 Å². The highest BCUT2D eigenvalue weighted by molar-refractivity contribution is 4.60. The average Bonchev–Trinajstić information content (AvgIpc) is 1.84. The van der Waals surface area contributed by atoms with E-state index in [1.807, 2.05) is 6.92 Å². The summed E-state index contributed by atoms with van der Waals surface area (Å²) in [6, 6.07) is 0. The molecule has 0 nitrogen and oxygen atoms in total. The van der Waals surface area contributed by atoms with Gasteiger partial charge in [-0.15, -0.1) is 0 Å². The van der Waals surface area contributed by atoms with Crippen LogP contribution in [0.5, 0.6) is 0 Å². The smallest absolute Gasteiger partial charge is 0.0300 e. The van der Waals surface area contributed by atoms with Crippen LogP contribution in [0, 0.1) is 5.89 Å². The van der Waals surface area contributed by atoms with Gasteiger partial charge in [-0.2, -0.15) is 0 Å². The lowest BCUT2D eigenvalue weighted by Gasteiger charge is -1.91. The third kappa shape index (κ3) is 0.735. The Balaban J connectivity index is 2.40. The third-order valence-corrected chi connectivity index (χ3v) is 1.46. The molecule has 6 heavy (non-hydrogen) atoms. The van der Waals surface area contributed by atoms with E-state index in [-0.39, 0.29) is 5.89 Å². The second kappa shape index (κ2) is 1.63. The minimum Gasteiger partial charge on any atom is -0.0625 e. The zero-order valence-electron chi connectivity index (χ0n) is 5.33. The predicted molar refractivity (Wildman–Crippen MR) is 27.6 cm³/mol. The summed E-state index contributed by atoms with van der Waals surface area (Å²) in [6.07, 6.45) is 4.79. The van der Waals surface area contributed by atoms with E-state index >= 15 is 0 Å². The van der Waals surface area contributed by atoms with E-state index in [0.29, 0.717) is 0 Å². The van der Waals surface area contributed by atoms with Crippen molar-refractivity contribution in [3.05, 3.63) is 0 Å². The van der Waals surface area contributed by atoms with Crippen molar-refractivity contribution in [3.8, 4) is 0 Å². The maximum absolute atomic E-state index is 7.49. The van der Waals surface area contributed by atoms with E-state index in [2.05, 4.69) is 0 Å². The van der Waals surface area contributed by atoms with Gasteiger partial charge in [-0.3, -0.25) is 0 Å². The van der Waals surface area contributed by atoms with Crippen LogP contribution in [0.15, 0.2) is 0 Å². The largest absolute Gasteiger partial charge is 0.0625 e. The first-order valence-electron chi connectivity index (χ1n) is 3.21. The van der Waals surface area contributed by atoms with Crippen molar-refractivity contribution in [1.29, 1.82) is 0 Å². The van der Waals surface area contributed by atoms with Crippen LogP contribution in [0.4, 0.5) is 0 Å². The lowest BCUT2D eigenvalue weighted by molar-refractivity contribution is 0.612. The van der Waals surface area contributed by atoms with Crippen molar-refractivity contribution in [3.63, 3.8) is 0 Å². The highest BCUT2D eigenvalue weighted by atomic mass is 14.1. The molecule has 0 heteroatoms. The molecule has 1 aliphatic rings. The highest BCUT2D eigenvalue weighted by Crippen LogP contribution is 2.22. The van der Waals surface area contributed by atoms with E-state index in [0.717, 1.165) is 12.8 Å². The monoisotopic (exact) mass is 85.1 g/mol. The molecule has 0 aromatic rings. The van der Waals surface area contributed by atoms with Crippen molar-refractivity contribution in [2.45, 2.75) is 32.6 Å². The van der Waals surface area contributed by atoms with Crippen molar-refractivity contribution in [2.24, 2.45) is 5.89 Å². The summed E-state index contributed by atoms with van der Waals surface area (Å²) in [5.74, 6) is -0.0556. The molecule has 0 atom stereocenters. The molecule has 0 aromatic heterocycles. The Labute approximate surface area is 41.0 Å². The molecular weight excluding hydrogens is 72.1 g/mol. The number of hydrogen-bond acceptors (Lipinski definition) is 0. The van der Waals surface area contributed by atoms with Gasteiger partial charge in [0.1, 0.15) is 0 Å². The topological polar surface area (TPSA) is 0 Å². The molecule has 0 N–H and O–H groups in total. The Kier molecular flexibility index (Phi) is 0.833. The van der Waals surface area contributed by atoms with Crippen LogP contribution in [-0.2, 0) is 0 Å². The van der Waals surface area contributed by atoms with E-state index in [9.17, 15) is 0 Å². The molecule has 0 saturated heterocycles. The molecule has 1 saturated carbocycles. The average molecular weight is 85.2 g/mol. The molecule has 1 fully saturated rings. The Morgan fingerprint density at radius 3 is 2.17 bits per heavy atom. The second-order valence-corrected chi connectivity index (χ2v) is 2.16. The van der Waals surface area contributed by atoms with Gasteiger partial charge in [-0.1, -0.05) is 32.6 Å². The Hall–Kier alpha value is 0. The first kappa shape index (κ1) is 3.06. The van der Waals surface area contributed by atoms with E-state index in [4.69, 9.17) is 1.37 Å². The molecule has 0 aliphatic heterocycles. The summed E-state index contributed by atoms with van der Waals surface area (Å²) in [6.45, 7) is 2.03. The van der Waals surface area contributed by atoms with Crippen molar-refractivity contribution in [1.82, 2.24) is 0 Å². The van der Waals surface area contributed by atoms with Crippen LogP contribution in [0.2, 0.25) is 0 Å². The summed E-state index contributed by atoms with van der Waals surface area (Å²) in [7, 11) is 0. The van der Waals surface area contributed by atoms with E-state index < -0.39 is 0 Å². The van der Waals surface area contributed by atoms with Crippen LogP contribution in [-0.4, -0.2) is 0 Å². The molecule has 0 heterocycles. The molecule has 0 radical (unpaired) electrons. The normalized spacial score (nSPS) is 33.2. The minimum absolute atomic E-state index is 0.0556. The molecule has 1 aliphatic carbocycles. The molecular formula is C6H12. The number of hydrogen-bond donors (Lipinski definition) is 0. The number of rotatable bonds is 0. The van der Waals surface area contributed by atoms with Crippen LogP contribution in [0.3, 0.4) is 0 Å². The summed E-state index contributed by atoms with van der Waals surface area (Å²) in [4.78, 5) is 0. The standard InChI is InChI=1S/C6H12/c1-6-4-2-3-5-6/h6H,2-5H2,1H3/i6D. The summed E-state index contributed by atoms with van der Waals surface area (Å²) < 4.78 is 7.49. The van der Waals surface area contributed by atoms with Crippen LogP contribution < -0.4 is 0 Å². The van der Waals surface area contributed by atoms with Gasteiger partial charge in [-0.05, 0) is 5.89 Å². The Morgan fingerprint density at radius 1 is 1.50 bits per heavy atom. The second-order valence-electron chi connectivity index (χ2n) is 2.16. The van der Waals surface area contributed by atoms with Gasteiger partial charge in [0.15, 0.2) is 0 Å². The van der Waals surface area contributed by atoms with Gasteiger partial charge in [-0.25, -0.2) is 0 Å². The molecule has 1 rings (SSSR count). The fourth-order valence-corrected chi connectivity index (χ4v) is 0.979. The minimum atomic E-state index is -0.0556. The van der Waals surface area contributed by atoms with Crippen molar-refractivity contribution in [2.75, 3.05) is 0 Å². The van der Waals surface area contributed by atoms with Gasteiger partial charge in [0.2, 0.25) is 0 Å². The van der Waals surface area contributed by atoms with Crippen LogP contribution in [0.25, 0.3) is 0 Å². The molecule has 36 valence electrons. The van der Waals surface area contributed by atoms with Gasteiger partial charge < -0.3 is 0 Å². The van der Waals surface area contributed by atoms with Crippen molar-refractivity contribution < 1.29 is 1.37 Å². The van der Waals surface area contributed by atoms with Gasteiger partial charge in [0.25, 0.3) is 0 Å². The fraction of sp³-hybridized carbons (Fsp3) is 1.00. The summed E-state index contributed by atoms with van der Waals surface area (Å²) >= 11 is 0. The fourth-order valence-electron chi connectivity index (χ4n) is 0.979. The van der Waals surface area contributed by atoms with Crippen molar-refractivity contribution >= 4 is 0 Å². The highest BCUT2D eigenvalue weighted by Gasteiger charge is 2.07. The lowest BCUT2D eigenvalue weighted by atomic mass is 10.2. The molecule has 0 aromatic carbocycles. The molecule has 0 unspecified atom stereocenters. The lowest BCUT2D eigenvalue weighted by Crippen LogP contribution is -1.78. The maximum atomic E-state index is 7.49. The quantitative estimate of drug-likeness (QED) is 0.423. The Bertz CT molecular complexity index is 58.6. The van der Waals surface area contributed by atoms with Gasteiger partial charge in [0, 0.05) is 1.37 Å². The summed E-state index contributed by atoms with van der Waals surface area (Å²) in [5.41, 5.74) is 0. The van der Waals surface area contributed by atoms with Crippen LogP contribution >= 0.6 is 0 Å². The molecule has 0 spiro atoms. The zero-order valence-corrected chi connectivity index (χ0v) is 4.33.